The number of carbonyl (C=O) groups excluding carboxylic acids is 17. The number of aromatic amines is 3. The lowest BCUT2D eigenvalue weighted by molar-refractivity contribution is -0.143. The van der Waals surface area contributed by atoms with Crippen molar-refractivity contribution in [3.63, 3.8) is 0 Å². The molecule has 10 rings (SSSR count). The molecule has 0 bridgehead atoms. The Morgan fingerprint density at radius 3 is 1.64 bits per heavy atom. The standard InChI is InChI=1S/C92H116N24O18S.CH4/c1-50(2)34-65-81(124)102-45-77(120)105-67(37-57-41-99-62-24-14-12-22-60(57)62)85(128)113-72(46-117)88(131)109-68(38-58-42-100-63-25-15-13-23-61(58)63)86(129)112-70(36-54-28-30-56(31-29-54)55-20-10-7-11-21-55)90(133)115(5)52(4)80(123)107-64(26-16-32-98-92(95)96)83(126)114-73(82(125)101-44-76(94)119)47-135-48-78(121)106-66(35-53-18-8-6-9-19-53)84(127)104-51(3)79(122)111-71(40-75(93)118)91(134)116-33-17-27-74(116)89(132)110-69(87(130)108-65)39-59-43-97-49-103-59;/h6-15,18-25,28-31,41-43,49-52,64-74,99-100,117H,16-17,26-27,32-40,44-48H2,1-5H3,(H2,93,118)(H2,94,119)(H,97,103)(H,101,125)(H,102,124)(H,104,127)(H,105,120)(H,106,121)(H,107,123)(H,108,130)(H,109,131)(H,110,132)(H,111,122)(H,112,129)(H,113,128)(H,114,126)(H4,95,96,98);1H4/t51-,52-,64?,65-,66-,67-,68-,69-,70-,71-,72?,73?,74?;/m0./s1. The summed E-state index contributed by atoms with van der Waals surface area (Å²) in [6.07, 6.45) is 3.77. The molecule has 2 aliphatic heterocycles. The van der Waals surface area contributed by atoms with Gasteiger partial charge >= 0.3 is 0 Å². The smallest absolute Gasteiger partial charge is 0.246 e. The Balaban J connectivity index is 0.0000207. The molecule has 4 unspecified atom stereocenters. The molecular weight excluding hydrogens is 1770 g/mol. The van der Waals surface area contributed by atoms with E-state index in [-0.39, 0.29) is 90.6 Å². The van der Waals surface area contributed by atoms with Gasteiger partial charge in [-0.25, -0.2) is 4.98 Å². The molecule has 726 valence electrons. The number of hydrogen-bond donors (Lipinski definition) is 22. The minimum atomic E-state index is -1.89. The van der Waals surface area contributed by atoms with Gasteiger partial charge in [0.15, 0.2) is 5.96 Å². The van der Waals surface area contributed by atoms with E-state index in [4.69, 9.17) is 22.6 Å². The van der Waals surface area contributed by atoms with Crippen molar-refractivity contribution in [3.8, 4) is 11.1 Å². The first-order chi connectivity index (χ1) is 64.6. The lowest BCUT2D eigenvalue weighted by Gasteiger charge is -2.31. The van der Waals surface area contributed by atoms with Gasteiger partial charge in [0.05, 0.1) is 38.2 Å². The van der Waals surface area contributed by atoms with E-state index in [1.165, 1.54) is 33.4 Å². The quantitative estimate of drug-likeness (QED) is 0.0187. The third kappa shape index (κ3) is 30.5. The molecule has 13 atom stereocenters. The second-order valence-electron chi connectivity index (χ2n) is 33.5. The molecule has 42 nitrogen and oxygen atoms in total. The van der Waals surface area contributed by atoms with Crippen LogP contribution in [0.2, 0.25) is 0 Å². The van der Waals surface area contributed by atoms with Gasteiger partial charge in [-0.3, -0.25) is 86.9 Å². The summed E-state index contributed by atoms with van der Waals surface area (Å²) >= 11 is 0.770. The lowest BCUT2D eigenvalue weighted by atomic mass is 9.99. The van der Waals surface area contributed by atoms with Crippen LogP contribution >= 0.6 is 11.8 Å². The predicted octanol–water partition coefficient (Wildman–Crippen LogP) is -1.98. The van der Waals surface area contributed by atoms with E-state index in [1.54, 1.807) is 129 Å². The van der Waals surface area contributed by atoms with E-state index >= 15 is 19.2 Å². The van der Waals surface area contributed by atoms with Crippen molar-refractivity contribution in [1.82, 2.24) is 104 Å². The molecule has 5 heterocycles. The van der Waals surface area contributed by atoms with E-state index in [9.17, 15) is 67.4 Å². The summed E-state index contributed by atoms with van der Waals surface area (Å²) < 4.78 is 0. The summed E-state index contributed by atoms with van der Waals surface area (Å²) in [6.45, 7) is 3.30. The van der Waals surface area contributed by atoms with Gasteiger partial charge in [0.2, 0.25) is 100 Å². The zero-order valence-corrected chi connectivity index (χ0v) is 76.0. The molecule has 0 saturated carbocycles. The summed E-state index contributed by atoms with van der Waals surface area (Å²) in [6, 6.07) is 18.4. The SMILES string of the molecule is C.CC(C)C[C@@H]1NC(=O)[C@H](Cc2cnc[nH]2)NC(=O)C2CCCN2C(=O)[C@H](CC(N)=O)NC(=O)[C@H](C)NC(=O)[C@H](Cc2ccccc2)NC(=O)CSCC(C(=O)NCC(N)=O)NC(=O)C(CCCNC(=N)N)NC(=O)[C@H](C)N(C)C(=O)[C@H](Cc2ccc(-c3ccccc3)cc2)NC(=O)[C@H](Cc2c[nH]c3ccccc23)NC(=O)C(CO)NC(=O)[C@H](Cc2c[nH]c3ccccc23)NC(=O)CNC1=O. The summed E-state index contributed by atoms with van der Waals surface area (Å²) in [7, 11) is 1.26. The minimum absolute atomic E-state index is 0. The number of amides is 17. The van der Waals surface area contributed by atoms with Crippen LogP contribution < -0.4 is 91.6 Å². The zero-order valence-electron chi connectivity index (χ0n) is 75.2. The zero-order chi connectivity index (χ0) is 97.5. The Labute approximate surface area is 788 Å². The fourth-order valence-electron chi connectivity index (χ4n) is 15.6. The number of nitrogens with two attached hydrogens (primary N) is 3. The number of guanidine groups is 1. The second-order valence-corrected chi connectivity index (χ2v) is 34.6. The number of rotatable bonds is 23. The Morgan fingerprint density at radius 1 is 0.522 bits per heavy atom. The van der Waals surface area contributed by atoms with Gasteiger partial charge in [0, 0.05) is 104 Å². The number of H-pyrrole nitrogens is 3. The maximum absolute atomic E-state index is 15.6. The van der Waals surface area contributed by atoms with Crippen molar-refractivity contribution in [2.45, 2.75) is 184 Å². The first-order valence-electron chi connectivity index (χ1n) is 44.1. The van der Waals surface area contributed by atoms with E-state index < -0.39 is 223 Å². The van der Waals surface area contributed by atoms with Crippen LogP contribution in [0, 0.1) is 11.3 Å². The van der Waals surface area contributed by atoms with Gasteiger partial charge in [-0.2, -0.15) is 0 Å². The third-order valence-corrected chi connectivity index (χ3v) is 23.9. The average Bonchev–Trinajstić information content (AvgIpc) is 1.65. The van der Waals surface area contributed by atoms with Crippen molar-refractivity contribution in [2.75, 3.05) is 51.3 Å². The number of primary amides is 2. The molecule has 3 aromatic heterocycles. The van der Waals surface area contributed by atoms with Gasteiger partial charge < -0.3 is 121 Å². The van der Waals surface area contributed by atoms with Crippen molar-refractivity contribution in [1.29, 1.82) is 5.41 Å². The summed E-state index contributed by atoms with van der Waals surface area (Å²) in [5, 5.41) is 56.7. The molecule has 0 spiro atoms. The number of benzene rings is 5. The highest BCUT2D eigenvalue weighted by molar-refractivity contribution is 8.00. The molecule has 2 fully saturated rings. The first kappa shape index (κ1) is 105. The van der Waals surface area contributed by atoms with Crippen molar-refractivity contribution >= 4 is 140 Å². The highest BCUT2D eigenvalue weighted by atomic mass is 32.2. The Hall–Kier alpha value is -15.0. The number of para-hydroxylation sites is 2. The number of nitrogens with zero attached hydrogens (tertiary/aromatic N) is 3. The second kappa shape index (κ2) is 50.7. The highest BCUT2D eigenvalue weighted by Gasteiger charge is 2.43. The number of aliphatic hydroxyl groups excluding tert-OH is 1. The largest absolute Gasteiger partial charge is 0.394 e. The van der Waals surface area contributed by atoms with Crippen LogP contribution in [0.4, 0.5) is 0 Å². The normalized spacial score (nSPS) is 22.8. The van der Waals surface area contributed by atoms with Crippen LogP contribution in [0.1, 0.15) is 102 Å². The molecule has 17 amide bonds. The number of carbonyl (C=O) groups is 17. The molecule has 2 saturated heterocycles. The number of imidazole rings is 1. The number of fused-ring (bicyclic) bond motifs is 3. The highest BCUT2D eigenvalue weighted by Crippen LogP contribution is 2.26. The summed E-state index contributed by atoms with van der Waals surface area (Å²) in [4.78, 5) is 261. The fourth-order valence-corrected chi connectivity index (χ4v) is 16.4. The maximum atomic E-state index is 15.6. The number of aromatic nitrogens is 4. The number of thioether (sulfide) groups is 1. The maximum Gasteiger partial charge on any atom is 0.246 e. The van der Waals surface area contributed by atoms with Gasteiger partial charge in [-0.1, -0.05) is 143 Å². The van der Waals surface area contributed by atoms with Crippen molar-refractivity contribution in [3.05, 3.63) is 186 Å². The Kier molecular flexibility index (Phi) is 39.0. The van der Waals surface area contributed by atoms with E-state index in [0.29, 0.717) is 49.8 Å². The van der Waals surface area contributed by atoms with Crippen LogP contribution in [0.5, 0.6) is 0 Å². The van der Waals surface area contributed by atoms with Gasteiger partial charge in [0.25, 0.3) is 0 Å². The van der Waals surface area contributed by atoms with E-state index in [0.717, 1.165) is 32.7 Å². The minimum Gasteiger partial charge on any atom is -0.394 e. The van der Waals surface area contributed by atoms with Gasteiger partial charge in [-0.15, -0.1) is 11.8 Å². The summed E-state index contributed by atoms with van der Waals surface area (Å²) in [5.74, 6) is -18.1. The van der Waals surface area contributed by atoms with Crippen LogP contribution in [-0.2, 0) is 114 Å². The van der Waals surface area contributed by atoms with E-state index in [2.05, 4.69) is 94.4 Å². The van der Waals surface area contributed by atoms with Crippen molar-refractivity contribution < 1.29 is 86.6 Å². The van der Waals surface area contributed by atoms with Crippen LogP contribution in [0.3, 0.4) is 0 Å². The molecule has 0 radical (unpaired) electrons. The lowest BCUT2D eigenvalue weighted by Crippen LogP contribution is -2.61. The third-order valence-electron chi connectivity index (χ3n) is 22.8. The first-order valence-corrected chi connectivity index (χ1v) is 45.3. The molecule has 5 aromatic carbocycles. The van der Waals surface area contributed by atoms with Crippen molar-refractivity contribution in [2.24, 2.45) is 23.1 Å². The molecule has 43 heteroatoms. The molecule has 25 N–H and O–H groups in total. The predicted molar refractivity (Wildman–Crippen MR) is 505 cm³/mol. The van der Waals surface area contributed by atoms with Gasteiger partial charge in [0.1, 0.15) is 78.5 Å². The molecule has 136 heavy (non-hydrogen) atoms. The molecule has 8 aromatic rings. The average molecular weight is 1890 g/mol. The molecular formula is C93H120N24O18S. The Bertz CT molecular complexity index is 5570. The number of aliphatic hydroxyl groups is 1. The fraction of sp³-hybridized carbons (Fsp3) is 0.409. The van der Waals surface area contributed by atoms with Gasteiger partial charge in [-0.05, 0) is 97.4 Å². The van der Waals surface area contributed by atoms with E-state index in [1.807, 2.05) is 30.3 Å². The van der Waals surface area contributed by atoms with Crippen LogP contribution in [-0.4, -0.2) is 271 Å². The Morgan fingerprint density at radius 2 is 1.04 bits per heavy atom. The summed E-state index contributed by atoms with van der Waals surface area (Å²) in [5.41, 5.74) is 22.0. The number of likely N-dealkylation sites (N-methyl/N-ethyl adjacent to an activating group) is 1. The monoisotopic (exact) mass is 1890 g/mol. The number of nitrogens with one attached hydrogen (secondary N) is 18. The van der Waals surface area contributed by atoms with Crippen LogP contribution in [0.15, 0.2) is 158 Å². The molecule has 0 aliphatic carbocycles. The molecule has 2 aliphatic rings. The topological polar surface area (TPSA) is 647 Å². The van der Waals surface area contributed by atoms with Crippen LogP contribution in [0.25, 0.3) is 32.9 Å². The number of hydrogen-bond acceptors (Lipinski definition) is 21.